The molecule has 0 aromatic rings. The highest BCUT2D eigenvalue weighted by Crippen LogP contribution is 2.64. The molecule has 2 heterocycles. The van der Waals surface area contributed by atoms with Gasteiger partial charge in [0.1, 0.15) is 23.4 Å². The van der Waals surface area contributed by atoms with Crippen molar-refractivity contribution in [1.29, 1.82) is 0 Å². The highest BCUT2D eigenvalue weighted by molar-refractivity contribution is 5.40. The molecule has 0 radical (unpaired) electrons. The van der Waals surface area contributed by atoms with Crippen molar-refractivity contribution in [1.82, 2.24) is 0 Å². The summed E-state index contributed by atoms with van der Waals surface area (Å²) in [6.45, 7) is 7.56. The van der Waals surface area contributed by atoms with Gasteiger partial charge in [-0.15, -0.1) is 13.2 Å². The lowest BCUT2D eigenvalue weighted by atomic mass is 9.80. The average Bonchev–Trinajstić information content (AvgIpc) is 2.97. The first-order valence-electron chi connectivity index (χ1n) is 5.05. The Balaban J connectivity index is 1.93. The lowest BCUT2D eigenvalue weighted by molar-refractivity contribution is 0.228. The average molecular weight is 190 g/mol. The van der Waals surface area contributed by atoms with Crippen LogP contribution in [0.2, 0.25) is 0 Å². The molecule has 74 valence electrons. The van der Waals surface area contributed by atoms with Gasteiger partial charge in [0.25, 0.3) is 0 Å². The summed E-state index contributed by atoms with van der Waals surface area (Å²) < 4.78 is 11.5. The molecule has 0 bridgehead atoms. The van der Waals surface area contributed by atoms with Crippen LogP contribution in [0.1, 0.15) is 12.8 Å². The van der Waals surface area contributed by atoms with Gasteiger partial charge >= 0.3 is 0 Å². The molecule has 0 amide bonds. The van der Waals surface area contributed by atoms with Crippen molar-refractivity contribution in [3.05, 3.63) is 37.5 Å². The van der Waals surface area contributed by atoms with Crippen molar-refractivity contribution in [2.45, 2.75) is 36.3 Å². The fraction of sp³-hybridized carbons (Fsp3) is 0.500. The molecule has 2 fully saturated rings. The topological polar surface area (TPSA) is 25.1 Å². The molecule has 2 heteroatoms. The van der Waals surface area contributed by atoms with E-state index in [0.717, 1.165) is 12.8 Å². The van der Waals surface area contributed by atoms with Gasteiger partial charge < -0.3 is 9.47 Å². The molecule has 4 unspecified atom stereocenters. The third kappa shape index (κ3) is 0.787. The van der Waals surface area contributed by atoms with Crippen LogP contribution in [0, 0.1) is 0 Å². The van der Waals surface area contributed by atoms with Crippen LogP contribution in [0.5, 0.6) is 0 Å². The number of epoxide rings is 2. The van der Waals surface area contributed by atoms with Crippen molar-refractivity contribution in [3.63, 3.8) is 0 Å². The zero-order valence-electron chi connectivity index (χ0n) is 8.11. The molecule has 2 nitrogen and oxygen atoms in total. The van der Waals surface area contributed by atoms with Gasteiger partial charge in [-0.2, -0.15) is 0 Å². The Bertz CT molecular complexity index is 333. The lowest BCUT2D eigenvalue weighted by Crippen LogP contribution is -2.32. The maximum Gasteiger partial charge on any atom is 0.135 e. The van der Waals surface area contributed by atoms with Gasteiger partial charge in [-0.25, -0.2) is 0 Å². The molecule has 3 aliphatic rings. The molecule has 2 aliphatic heterocycles. The van der Waals surface area contributed by atoms with Crippen LogP contribution < -0.4 is 0 Å². The summed E-state index contributed by atoms with van der Waals surface area (Å²) in [5.41, 5.74) is -0.261. The van der Waals surface area contributed by atoms with Crippen LogP contribution in [-0.2, 0) is 9.47 Å². The maximum absolute atomic E-state index is 5.93. The predicted molar refractivity (Wildman–Crippen MR) is 54.0 cm³/mol. The van der Waals surface area contributed by atoms with Gasteiger partial charge in [0.05, 0.1) is 0 Å². The quantitative estimate of drug-likeness (QED) is 0.500. The van der Waals surface area contributed by atoms with Crippen LogP contribution in [0.3, 0.4) is 0 Å². The summed E-state index contributed by atoms with van der Waals surface area (Å²) in [6, 6.07) is 0. The van der Waals surface area contributed by atoms with E-state index in [2.05, 4.69) is 25.3 Å². The van der Waals surface area contributed by atoms with Crippen molar-refractivity contribution >= 4 is 0 Å². The summed E-state index contributed by atoms with van der Waals surface area (Å²) >= 11 is 0. The van der Waals surface area contributed by atoms with E-state index in [0.29, 0.717) is 0 Å². The fourth-order valence-electron chi connectivity index (χ4n) is 2.71. The molecule has 0 spiro atoms. The molecule has 0 N–H and O–H groups in total. The largest absolute Gasteiger partial charge is 0.362 e. The molecular weight excluding hydrogens is 176 g/mol. The predicted octanol–water partition coefficient (Wildman–Crippen LogP) is 1.98. The molecule has 2 saturated heterocycles. The van der Waals surface area contributed by atoms with Gasteiger partial charge in [0, 0.05) is 12.8 Å². The van der Waals surface area contributed by atoms with Crippen molar-refractivity contribution in [2.75, 3.05) is 0 Å². The van der Waals surface area contributed by atoms with Gasteiger partial charge in [0.2, 0.25) is 0 Å². The summed E-state index contributed by atoms with van der Waals surface area (Å²) in [4.78, 5) is 0. The first-order chi connectivity index (χ1) is 6.78. The number of hydrogen-bond donors (Lipinski definition) is 0. The molecule has 1 aliphatic carbocycles. The highest BCUT2D eigenvalue weighted by atomic mass is 16.7. The normalized spacial score (nSPS) is 51.7. The van der Waals surface area contributed by atoms with Crippen LogP contribution >= 0.6 is 0 Å². The zero-order chi connectivity index (χ0) is 9.81. The van der Waals surface area contributed by atoms with Crippen LogP contribution in [0.15, 0.2) is 37.5 Å². The summed E-state index contributed by atoms with van der Waals surface area (Å²) in [7, 11) is 0. The molecule has 4 atom stereocenters. The van der Waals surface area contributed by atoms with E-state index in [1.807, 2.05) is 12.2 Å². The summed E-state index contributed by atoms with van der Waals surface area (Å²) in [5, 5.41) is 0. The van der Waals surface area contributed by atoms with Crippen molar-refractivity contribution < 1.29 is 9.47 Å². The minimum atomic E-state index is -0.138. The molecule has 3 rings (SSSR count). The van der Waals surface area contributed by atoms with Crippen LogP contribution in [0.25, 0.3) is 0 Å². The fourth-order valence-corrected chi connectivity index (χ4v) is 2.71. The molecule has 0 aromatic carbocycles. The third-order valence-electron chi connectivity index (χ3n) is 3.47. The highest BCUT2D eigenvalue weighted by Gasteiger charge is 2.78. The summed E-state index contributed by atoms with van der Waals surface area (Å²) in [6.07, 6.45) is 10.4. The Morgan fingerprint density at radius 2 is 2.07 bits per heavy atom. The molecular formula is C12H14O2. The van der Waals surface area contributed by atoms with E-state index in [1.54, 1.807) is 0 Å². The van der Waals surface area contributed by atoms with E-state index in [1.165, 1.54) is 0 Å². The first-order valence-corrected chi connectivity index (χ1v) is 5.05. The lowest BCUT2D eigenvalue weighted by Gasteiger charge is -2.15. The Morgan fingerprint density at radius 1 is 1.29 bits per heavy atom. The minimum absolute atomic E-state index is 0.123. The van der Waals surface area contributed by atoms with Crippen LogP contribution in [-0.4, -0.2) is 23.4 Å². The second kappa shape index (κ2) is 2.38. The van der Waals surface area contributed by atoms with E-state index < -0.39 is 0 Å². The Kier molecular flexibility index (Phi) is 1.44. The third-order valence-corrected chi connectivity index (χ3v) is 3.47. The molecule has 0 saturated carbocycles. The Hall–Kier alpha value is -0.860. The van der Waals surface area contributed by atoms with E-state index in [4.69, 9.17) is 9.47 Å². The summed E-state index contributed by atoms with van der Waals surface area (Å²) in [5.74, 6) is 0. The van der Waals surface area contributed by atoms with Gasteiger partial charge in [0.15, 0.2) is 0 Å². The second-order valence-electron chi connectivity index (χ2n) is 4.25. The van der Waals surface area contributed by atoms with E-state index >= 15 is 0 Å². The minimum Gasteiger partial charge on any atom is -0.362 e. The maximum atomic E-state index is 5.93. The zero-order valence-corrected chi connectivity index (χ0v) is 8.11. The van der Waals surface area contributed by atoms with Crippen LogP contribution in [0.4, 0.5) is 0 Å². The van der Waals surface area contributed by atoms with Crippen molar-refractivity contribution in [2.24, 2.45) is 0 Å². The second-order valence-corrected chi connectivity index (χ2v) is 4.25. The number of rotatable bonds is 4. The van der Waals surface area contributed by atoms with Crippen molar-refractivity contribution in [3.8, 4) is 0 Å². The SMILES string of the molecule is C=CCC12C=CC3OC3C1(CC=C)O2. The smallest absolute Gasteiger partial charge is 0.135 e. The van der Waals surface area contributed by atoms with Gasteiger partial charge in [-0.3, -0.25) is 0 Å². The van der Waals surface area contributed by atoms with Gasteiger partial charge in [-0.1, -0.05) is 24.3 Å². The van der Waals surface area contributed by atoms with E-state index in [9.17, 15) is 0 Å². The Labute approximate surface area is 83.9 Å². The standard InChI is InChI=1S/C12H14O2/c1-3-6-11-8-5-9-10(13-9)12(11,14-11)7-4-2/h3-5,8-10H,1-2,6-7H2. The monoisotopic (exact) mass is 190 g/mol. The number of fused-ring (bicyclic) bond motifs is 3. The Morgan fingerprint density at radius 3 is 2.79 bits per heavy atom. The molecule has 0 aromatic heterocycles. The van der Waals surface area contributed by atoms with E-state index in [-0.39, 0.29) is 23.4 Å². The first kappa shape index (κ1) is 8.45. The number of ether oxygens (including phenoxy) is 2. The number of hydrogen-bond acceptors (Lipinski definition) is 2. The molecule has 14 heavy (non-hydrogen) atoms. The van der Waals surface area contributed by atoms with Gasteiger partial charge in [-0.05, 0) is 0 Å².